The minimum Gasteiger partial charge on any atom is -0.497 e. The van der Waals surface area contributed by atoms with Gasteiger partial charge in [-0.25, -0.2) is 4.79 Å². The first kappa shape index (κ1) is 12.0. The number of halogens is 1. The fraction of sp³-hybridized carbons (Fsp3) is 0.364. The Hall–Kier alpha value is -1.03. The van der Waals surface area contributed by atoms with Crippen LogP contribution in [0, 0.1) is 0 Å². The molecule has 0 aliphatic carbocycles. The Kier molecular flexibility index (Phi) is 4.62. The zero-order valence-corrected chi connectivity index (χ0v) is 10.3. The van der Waals surface area contributed by atoms with E-state index in [4.69, 9.17) is 9.47 Å². The normalized spacial score (nSPS) is 9.80. The van der Waals surface area contributed by atoms with Gasteiger partial charge in [-0.15, -0.1) is 0 Å². The van der Waals surface area contributed by atoms with Crippen molar-refractivity contribution in [2.45, 2.75) is 6.42 Å². The third-order valence-electron chi connectivity index (χ3n) is 2.09. The third-order valence-corrected chi connectivity index (χ3v) is 2.48. The Balaban J connectivity index is 3.10. The quantitative estimate of drug-likeness (QED) is 0.624. The highest BCUT2D eigenvalue weighted by Crippen LogP contribution is 2.19. The Morgan fingerprint density at radius 3 is 2.67 bits per heavy atom. The van der Waals surface area contributed by atoms with Crippen molar-refractivity contribution in [1.82, 2.24) is 0 Å². The maximum Gasteiger partial charge on any atom is 0.338 e. The minimum absolute atomic E-state index is 0.329. The van der Waals surface area contributed by atoms with Crippen molar-refractivity contribution in [3.63, 3.8) is 0 Å². The molecule has 0 radical (unpaired) electrons. The van der Waals surface area contributed by atoms with Gasteiger partial charge >= 0.3 is 5.97 Å². The molecule has 0 atom stereocenters. The molecule has 1 aromatic rings. The molecule has 0 fully saturated rings. The minimum atomic E-state index is -0.329. The molecule has 0 aliphatic heterocycles. The molecule has 4 heteroatoms. The van der Waals surface area contributed by atoms with E-state index in [9.17, 15) is 4.79 Å². The van der Waals surface area contributed by atoms with E-state index in [2.05, 4.69) is 15.9 Å². The summed E-state index contributed by atoms with van der Waals surface area (Å²) in [6, 6.07) is 5.42. The lowest BCUT2D eigenvalue weighted by Crippen LogP contribution is -2.06. The summed E-state index contributed by atoms with van der Waals surface area (Å²) in [4.78, 5) is 11.5. The van der Waals surface area contributed by atoms with Crippen LogP contribution >= 0.6 is 15.9 Å². The van der Waals surface area contributed by atoms with E-state index in [1.54, 1.807) is 13.2 Å². The fourth-order valence-corrected chi connectivity index (χ4v) is 1.73. The number of aryl methyl sites for hydroxylation is 1. The monoisotopic (exact) mass is 272 g/mol. The Morgan fingerprint density at radius 1 is 1.40 bits per heavy atom. The zero-order valence-electron chi connectivity index (χ0n) is 8.75. The van der Waals surface area contributed by atoms with Crippen molar-refractivity contribution < 1.29 is 14.3 Å². The van der Waals surface area contributed by atoms with Gasteiger partial charge in [0, 0.05) is 5.33 Å². The van der Waals surface area contributed by atoms with Crippen molar-refractivity contribution in [1.29, 1.82) is 0 Å². The van der Waals surface area contributed by atoms with Crippen LogP contribution in [-0.4, -0.2) is 25.5 Å². The SMILES string of the molecule is COC(=O)c1cc(OC)ccc1CCBr. The second kappa shape index (κ2) is 5.75. The lowest BCUT2D eigenvalue weighted by atomic mass is 10.1. The highest BCUT2D eigenvalue weighted by atomic mass is 79.9. The van der Waals surface area contributed by atoms with Crippen LogP contribution in [0.15, 0.2) is 18.2 Å². The molecule has 1 rings (SSSR count). The van der Waals surface area contributed by atoms with Crippen molar-refractivity contribution >= 4 is 21.9 Å². The average Bonchev–Trinajstić information content (AvgIpc) is 2.29. The van der Waals surface area contributed by atoms with E-state index in [-0.39, 0.29) is 5.97 Å². The first-order valence-corrected chi connectivity index (χ1v) is 5.66. The highest BCUT2D eigenvalue weighted by molar-refractivity contribution is 9.09. The van der Waals surface area contributed by atoms with Crippen molar-refractivity contribution in [3.8, 4) is 5.75 Å². The molecule has 0 saturated heterocycles. The maximum absolute atomic E-state index is 11.5. The largest absolute Gasteiger partial charge is 0.497 e. The molecule has 0 spiro atoms. The van der Waals surface area contributed by atoms with E-state index in [1.165, 1.54) is 7.11 Å². The molecule has 15 heavy (non-hydrogen) atoms. The Labute approximate surface area is 97.5 Å². The fourth-order valence-electron chi connectivity index (χ4n) is 1.30. The summed E-state index contributed by atoms with van der Waals surface area (Å²) in [5.74, 6) is 0.332. The average molecular weight is 273 g/mol. The number of ether oxygens (including phenoxy) is 2. The highest BCUT2D eigenvalue weighted by Gasteiger charge is 2.12. The van der Waals surface area contributed by atoms with Crippen LogP contribution in [0.2, 0.25) is 0 Å². The van der Waals surface area contributed by atoms with Gasteiger partial charge in [-0.05, 0) is 24.1 Å². The molecule has 3 nitrogen and oxygen atoms in total. The van der Waals surface area contributed by atoms with Gasteiger partial charge in [0.2, 0.25) is 0 Å². The molecule has 0 N–H and O–H groups in total. The molecule has 0 bridgehead atoms. The Bertz CT molecular complexity index is 350. The molecule has 0 heterocycles. The van der Waals surface area contributed by atoms with Gasteiger partial charge in [-0.3, -0.25) is 0 Å². The summed E-state index contributed by atoms with van der Waals surface area (Å²) in [5.41, 5.74) is 1.52. The summed E-state index contributed by atoms with van der Waals surface area (Å²) in [7, 11) is 2.94. The number of esters is 1. The van der Waals surface area contributed by atoms with Gasteiger partial charge in [0.1, 0.15) is 5.75 Å². The van der Waals surface area contributed by atoms with Gasteiger partial charge in [0.15, 0.2) is 0 Å². The molecule has 0 unspecified atom stereocenters. The molecule has 0 aliphatic rings. The number of methoxy groups -OCH3 is 2. The summed E-state index contributed by atoms with van der Waals surface area (Å²) in [6.45, 7) is 0. The summed E-state index contributed by atoms with van der Waals surface area (Å²) in [6.07, 6.45) is 0.786. The van der Waals surface area contributed by atoms with E-state index in [0.29, 0.717) is 11.3 Å². The number of benzene rings is 1. The number of hydrogen-bond donors (Lipinski definition) is 0. The van der Waals surface area contributed by atoms with Crippen LogP contribution in [0.25, 0.3) is 0 Å². The standard InChI is InChI=1S/C11H13BrO3/c1-14-9-4-3-8(5-6-12)10(7-9)11(13)15-2/h3-4,7H,5-6H2,1-2H3. The lowest BCUT2D eigenvalue weighted by molar-refractivity contribution is 0.0599. The van der Waals surface area contributed by atoms with Crippen molar-refractivity contribution in [3.05, 3.63) is 29.3 Å². The predicted octanol–water partition coefficient (Wildman–Crippen LogP) is 2.42. The zero-order chi connectivity index (χ0) is 11.3. The number of alkyl halides is 1. The van der Waals surface area contributed by atoms with Crippen LogP contribution < -0.4 is 4.74 Å². The van der Waals surface area contributed by atoms with E-state index in [1.807, 2.05) is 12.1 Å². The second-order valence-electron chi connectivity index (χ2n) is 2.95. The van der Waals surface area contributed by atoms with Crippen LogP contribution in [0.3, 0.4) is 0 Å². The molecule has 0 saturated carbocycles. The number of hydrogen-bond acceptors (Lipinski definition) is 3. The number of carbonyl (C=O) groups is 1. The molecular weight excluding hydrogens is 260 g/mol. The Morgan fingerprint density at radius 2 is 2.13 bits per heavy atom. The lowest BCUT2D eigenvalue weighted by Gasteiger charge is -2.08. The first-order valence-electron chi connectivity index (χ1n) is 4.54. The maximum atomic E-state index is 11.5. The van der Waals surface area contributed by atoms with Crippen molar-refractivity contribution in [2.24, 2.45) is 0 Å². The van der Waals surface area contributed by atoms with E-state index < -0.39 is 0 Å². The second-order valence-corrected chi connectivity index (χ2v) is 3.75. The first-order chi connectivity index (χ1) is 7.22. The third kappa shape index (κ3) is 2.96. The van der Waals surface area contributed by atoms with Crippen LogP contribution in [0.5, 0.6) is 5.75 Å². The van der Waals surface area contributed by atoms with Crippen LogP contribution in [0.1, 0.15) is 15.9 Å². The summed E-state index contributed by atoms with van der Waals surface area (Å²) < 4.78 is 9.78. The summed E-state index contributed by atoms with van der Waals surface area (Å²) in [5, 5.41) is 0.809. The van der Waals surface area contributed by atoms with Crippen LogP contribution in [0.4, 0.5) is 0 Å². The van der Waals surface area contributed by atoms with Gasteiger partial charge in [-0.1, -0.05) is 22.0 Å². The van der Waals surface area contributed by atoms with Crippen LogP contribution in [-0.2, 0) is 11.2 Å². The molecule has 82 valence electrons. The van der Waals surface area contributed by atoms with Gasteiger partial charge in [0.25, 0.3) is 0 Å². The van der Waals surface area contributed by atoms with Gasteiger partial charge < -0.3 is 9.47 Å². The van der Waals surface area contributed by atoms with E-state index in [0.717, 1.165) is 17.3 Å². The molecule has 1 aromatic carbocycles. The molecular formula is C11H13BrO3. The predicted molar refractivity (Wildman–Crippen MR) is 61.8 cm³/mol. The van der Waals surface area contributed by atoms with Gasteiger partial charge in [0.05, 0.1) is 19.8 Å². The molecule has 0 amide bonds. The smallest absolute Gasteiger partial charge is 0.338 e. The molecule has 0 aromatic heterocycles. The number of carbonyl (C=O) groups excluding carboxylic acids is 1. The van der Waals surface area contributed by atoms with E-state index >= 15 is 0 Å². The topological polar surface area (TPSA) is 35.5 Å². The summed E-state index contributed by atoms with van der Waals surface area (Å²) >= 11 is 3.34. The number of rotatable bonds is 4. The van der Waals surface area contributed by atoms with Crippen molar-refractivity contribution in [2.75, 3.05) is 19.5 Å². The van der Waals surface area contributed by atoms with Gasteiger partial charge in [-0.2, -0.15) is 0 Å².